The molecular formula is C20H20N2O. The molecule has 0 saturated heterocycles. The Morgan fingerprint density at radius 1 is 0.957 bits per heavy atom. The van der Waals surface area contributed by atoms with Gasteiger partial charge in [-0.05, 0) is 51.1 Å². The predicted octanol–water partition coefficient (Wildman–Crippen LogP) is 4.86. The molecule has 1 N–H and O–H groups in total. The van der Waals surface area contributed by atoms with Crippen molar-refractivity contribution in [3.05, 3.63) is 77.1 Å². The van der Waals surface area contributed by atoms with Gasteiger partial charge in [0.1, 0.15) is 11.4 Å². The SMILES string of the molecule is Cc1ccc(-n2c(C)cc(C=Nc3ccccc3O)c2C)cc1. The molecule has 0 amide bonds. The van der Waals surface area contributed by atoms with Crippen LogP contribution in [0.5, 0.6) is 5.75 Å². The van der Waals surface area contributed by atoms with Crippen LogP contribution in [0.2, 0.25) is 0 Å². The van der Waals surface area contributed by atoms with Gasteiger partial charge in [0.25, 0.3) is 0 Å². The summed E-state index contributed by atoms with van der Waals surface area (Å²) in [4.78, 5) is 4.41. The minimum absolute atomic E-state index is 0.191. The summed E-state index contributed by atoms with van der Waals surface area (Å²) in [6.07, 6.45) is 1.81. The lowest BCUT2D eigenvalue weighted by molar-refractivity contribution is 0.477. The zero-order valence-corrected chi connectivity index (χ0v) is 13.6. The van der Waals surface area contributed by atoms with E-state index in [1.807, 2.05) is 12.3 Å². The Balaban J connectivity index is 1.98. The number of phenols is 1. The number of phenolic OH excluding ortho intramolecular Hbond substituents is 1. The van der Waals surface area contributed by atoms with Crippen LogP contribution in [0.25, 0.3) is 5.69 Å². The second-order valence-electron chi connectivity index (χ2n) is 5.74. The summed E-state index contributed by atoms with van der Waals surface area (Å²) in [5.74, 6) is 0.191. The topological polar surface area (TPSA) is 37.5 Å². The molecule has 0 unspecified atom stereocenters. The molecule has 0 radical (unpaired) electrons. The van der Waals surface area contributed by atoms with Crippen molar-refractivity contribution < 1.29 is 5.11 Å². The van der Waals surface area contributed by atoms with Crippen molar-refractivity contribution in [2.75, 3.05) is 0 Å². The summed E-state index contributed by atoms with van der Waals surface area (Å²) in [7, 11) is 0. The van der Waals surface area contributed by atoms with E-state index in [-0.39, 0.29) is 5.75 Å². The van der Waals surface area contributed by atoms with E-state index in [2.05, 4.69) is 60.7 Å². The van der Waals surface area contributed by atoms with Crippen molar-refractivity contribution in [2.45, 2.75) is 20.8 Å². The molecule has 0 bridgehead atoms. The first-order valence-corrected chi connectivity index (χ1v) is 7.64. The standard InChI is InChI=1S/C20H20N2O/c1-14-8-10-18(11-9-14)22-15(2)12-17(16(22)3)13-21-19-6-4-5-7-20(19)23/h4-13,23H,1-3H3. The van der Waals surface area contributed by atoms with Gasteiger partial charge in [-0.3, -0.25) is 4.99 Å². The van der Waals surface area contributed by atoms with Gasteiger partial charge >= 0.3 is 0 Å². The molecule has 0 aliphatic heterocycles. The third kappa shape index (κ3) is 3.04. The first kappa shape index (κ1) is 15.1. The lowest BCUT2D eigenvalue weighted by atomic mass is 10.2. The van der Waals surface area contributed by atoms with E-state index in [4.69, 9.17) is 0 Å². The van der Waals surface area contributed by atoms with E-state index < -0.39 is 0 Å². The van der Waals surface area contributed by atoms with E-state index in [1.165, 1.54) is 5.56 Å². The van der Waals surface area contributed by atoms with E-state index in [0.717, 1.165) is 22.6 Å². The highest BCUT2D eigenvalue weighted by molar-refractivity contribution is 5.84. The molecular weight excluding hydrogens is 284 g/mol. The average Bonchev–Trinajstić information content (AvgIpc) is 2.82. The summed E-state index contributed by atoms with van der Waals surface area (Å²) >= 11 is 0. The number of hydrogen-bond acceptors (Lipinski definition) is 2. The fourth-order valence-electron chi connectivity index (χ4n) is 2.72. The molecule has 3 nitrogen and oxygen atoms in total. The van der Waals surface area contributed by atoms with E-state index >= 15 is 0 Å². The normalized spacial score (nSPS) is 11.3. The Bertz CT molecular complexity index is 858. The van der Waals surface area contributed by atoms with Crippen molar-refractivity contribution >= 4 is 11.9 Å². The van der Waals surface area contributed by atoms with Crippen LogP contribution in [0.15, 0.2) is 59.6 Å². The van der Waals surface area contributed by atoms with Gasteiger partial charge in [-0.1, -0.05) is 29.8 Å². The van der Waals surface area contributed by atoms with Gasteiger partial charge in [-0.15, -0.1) is 0 Å². The number of aromatic nitrogens is 1. The molecule has 116 valence electrons. The van der Waals surface area contributed by atoms with Crippen LogP contribution < -0.4 is 0 Å². The highest BCUT2D eigenvalue weighted by Gasteiger charge is 2.09. The smallest absolute Gasteiger partial charge is 0.141 e. The van der Waals surface area contributed by atoms with Crippen molar-refractivity contribution in [1.82, 2.24) is 4.57 Å². The molecule has 0 fully saturated rings. The number of aliphatic imine (C=N–C) groups is 1. The minimum atomic E-state index is 0.191. The zero-order chi connectivity index (χ0) is 16.4. The maximum absolute atomic E-state index is 9.80. The molecule has 3 rings (SSSR count). The van der Waals surface area contributed by atoms with Gasteiger partial charge in [-0.2, -0.15) is 0 Å². The molecule has 23 heavy (non-hydrogen) atoms. The van der Waals surface area contributed by atoms with Gasteiger partial charge < -0.3 is 9.67 Å². The van der Waals surface area contributed by atoms with Crippen LogP contribution in [0, 0.1) is 20.8 Å². The van der Waals surface area contributed by atoms with Crippen LogP contribution in [-0.2, 0) is 0 Å². The molecule has 2 aromatic carbocycles. The first-order chi connectivity index (χ1) is 11.1. The molecule has 3 aromatic rings. The maximum Gasteiger partial charge on any atom is 0.141 e. The summed E-state index contributed by atoms with van der Waals surface area (Å²) < 4.78 is 2.21. The van der Waals surface area contributed by atoms with E-state index in [1.54, 1.807) is 18.2 Å². The number of para-hydroxylation sites is 2. The number of hydrogen-bond donors (Lipinski definition) is 1. The third-order valence-corrected chi connectivity index (χ3v) is 3.99. The molecule has 0 aliphatic carbocycles. The zero-order valence-electron chi connectivity index (χ0n) is 13.6. The van der Waals surface area contributed by atoms with Crippen LogP contribution >= 0.6 is 0 Å². The summed E-state index contributed by atoms with van der Waals surface area (Å²) in [5.41, 5.74) is 6.31. The lowest BCUT2D eigenvalue weighted by Crippen LogP contribution is -1.99. The third-order valence-electron chi connectivity index (χ3n) is 3.99. The monoisotopic (exact) mass is 304 g/mol. The van der Waals surface area contributed by atoms with Gasteiger partial charge in [0, 0.05) is 28.9 Å². The number of nitrogens with zero attached hydrogens (tertiary/aromatic N) is 2. The molecule has 0 saturated carbocycles. The van der Waals surface area contributed by atoms with Crippen LogP contribution in [0.3, 0.4) is 0 Å². The maximum atomic E-state index is 9.80. The quantitative estimate of drug-likeness (QED) is 0.689. The molecule has 0 spiro atoms. The molecule has 1 aromatic heterocycles. The second kappa shape index (κ2) is 6.13. The Morgan fingerprint density at radius 3 is 2.35 bits per heavy atom. The van der Waals surface area contributed by atoms with Gasteiger partial charge in [-0.25, -0.2) is 0 Å². The molecule has 0 atom stereocenters. The Kier molecular flexibility index (Phi) is 4.02. The van der Waals surface area contributed by atoms with Crippen molar-refractivity contribution in [3.63, 3.8) is 0 Å². The summed E-state index contributed by atoms with van der Waals surface area (Å²) in [5, 5.41) is 9.80. The lowest BCUT2D eigenvalue weighted by Gasteiger charge is -2.09. The number of benzene rings is 2. The Morgan fingerprint density at radius 2 is 1.65 bits per heavy atom. The summed E-state index contributed by atoms with van der Waals surface area (Å²) in [6, 6.07) is 17.7. The minimum Gasteiger partial charge on any atom is -0.506 e. The van der Waals surface area contributed by atoms with E-state index in [9.17, 15) is 5.11 Å². The highest BCUT2D eigenvalue weighted by Crippen LogP contribution is 2.26. The predicted molar refractivity (Wildman–Crippen MR) is 95.3 cm³/mol. The fourth-order valence-corrected chi connectivity index (χ4v) is 2.72. The molecule has 3 heteroatoms. The Labute approximate surface area is 136 Å². The molecule has 0 aliphatic rings. The van der Waals surface area contributed by atoms with Crippen LogP contribution in [-0.4, -0.2) is 15.9 Å². The van der Waals surface area contributed by atoms with Crippen LogP contribution in [0.4, 0.5) is 5.69 Å². The van der Waals surface area contributed by atoms with E-state index in [0.29, 0.717) is 5.69 Å². The largest absolute Gasteiger partial charge is 0.506 e. The summed E-state index contributed by atoms with van der Waals surface area (Å²) in [6.45, 7) is 6.26. The second-order valence-corrected chi connectivity index (χ2v) is 5.74. The Hall–Kier alpha value is -2.81. The van der Waals surface area contributed by atoms with Gasteiger partial charge in [0.05, 0.1) is 0 Å². The van der Waals surface area contributed by atoms with Crippen molar-refractivity contribution in [2.24, 2.45) is 4.99 Å². The van der Waals surface area contributed by atoms with Crippen LogP contribution in [0.1, 0.15) is 22.5 Å². The van der Waals surface area contributed by atoms with Gasteiger partial charge in [0.2, 0.25) is 0 Å². The van der Waals surface area contributed by atoms with Gasteiger partial charge in [0.15, 0.2) is 0 Å². The fraction of sp³-hybridized carbons (Fsp3) is 0.150. The van der Waals surface area contributed by atoms with Crippen molar-refractivity contribution in [1.29, 1.82) is 0 Å². The average molecular weight is 304 g/mol. The highest BCUT2D eigenvalue weighted by atomic mass is 16.3. The first-order valence-electron chi connectivity index (χ1n) is 7.64. The van der Waals surface area contributed by atoms with Crippen molar-refractivity contribution in [3.8, 4) is 11.4 Å². The number of aryl methyl sites for hydroxylation is 2. The number of aromatic hydroxyl groups is 1. The molecule has 1 heterocycles. The number of rotatable bonds is 3.